The van der Waals surface area contributed by atoms with Crippen molar-refractivity contribution in [3.8, 4) is 0 Å². The molecule has 1 fully saturated rings. The van der Waals surface area contributed by atoms with Crippen LogP contribution in [-0.2, 0) is 0 Å². The van der Waals surface area contributed by atoms with Gasteiger partial charge in [-0.3, -0.25) is 4.79 Å². The fraction of sp³-hybridized carbons (Fsp3) is 0.222. The van der Waals surface area contributed by atoms with Gasteiger partial charge in [0.15, 0.2) is 5.69 Å². The summed E-state index contributed by atoms with van der Waals surface area (Å²) >= 11 is 0. The van der Waals surface area contributed by atoms with Gasteiger partial charge in [0.25, 0.3) is 5.91 Å². The summed E-state index contributed by atoms with van der Waals surface area (Å²) in [6.45, 7) is 1.84. The molecule has 6 nitrogen and oxygen atoms in total. The Kier molecular flexibility index (Phi) is 6.15. The zero-order valence-electron chi connectivity index (χ0n) is 18.4. The van der Waals surface area contributed by atoms with Crippen molar-refractivity contribution in [2.45, 2.75) is 24.9 Å². The third-order valence-corrected chi connectivity index (χ3v) is 6.19. The summed E-state index contributed by atoms with van der Waals surface area (Å²) in [6.07, 6.45) is 3.57. The van der Waals surface area contributed by atoms with Gasteiger partial charge in [0.2, 0.25) is 0 Å². The second-order valence-electron chi connectivity index (χ2n) is 8.38. The van der Waals surface area contributed by atoms with E-state index < -0.39 is 0 Å². The van der Waals surface area contributed by atoms with Crippen molar-refractivity contribution >= 4 is 11.6 Å². The number of nitrogens with one attached hydrogen (secondary N) is 1. The lowest BCUT2D eigenvalue weighted by Gasteiger charge is -2.33. The molecule has 1 aliphatic rings. The highest BCUT2D eigenvalue weighted by Crippen LogP contribution is 2.26. The molecule has 0 spiro atoms. The summed E-state index contributed by atoms with van der Waals surface area (Å²) in [5, 5.41) is 11.7. The number of amides is 1. The fourth-order valence-electron chi connectivity index (χ4n) is 4.46. The first-order valence-electron chi connectivity index (χ1n) is 11.4. The number of carbonyl (C=O) groups is 1. The lowest BCUT2D eigenvalue weighted by molar-refractivity contribution is 0.0926. The average Bonchev–Trinajstić information content (AvgIpc) is 3.36. The van der Waals surface area contributed by atoms with Crippen LogP contribution in [0.4, 0.5) is 5.69 Å². The number of para-hydroxylation sites is 1. The first-order valence-corrected chi connectivity index (χ1v) is 11.4. The van der Waals surface area contributed by atoms with Crippen LogP contribution < -0.4 is 10.2 Å². The van der Waals surface area contributed by atoms with Gasteiger partial charge in [-0.25, -0.2) is 4.68 Å². The van der Waals surface area contributed by atoms with E-state index in [2.05, 4.69) is 69.1 Å². The topological polar surface area (TPSA) is 63.1 Å². The van der Waals surface area contributed by atoms with E-state index in [1.165, 1.54) is 5.69 Å². The summed E-state index contributed by atoms with van der Waals surface area (Å²) in [5.41, 5.74) is 3.76. The molecule has 1 aliphatic heterocycles. The highest BCUT2D eigenvalue weighted by atomic mass is 16.2. The summed E-state index contributed by atoms with van der Waals surface area (Å²) in [6, 6.07) is 30.7. The minimum Gasteiger partial charge on any atom is -0.371 e. The van der Waals surface area contributed by atoms with Gasteiger partial charge in [0, 0.05) is 24.8 Å². The number of piperidine rings is 1. The molecule has 6 heteroatoms. The Balaban J connectivity index is 1.27. The highest BCUT2D eigenvalue weighted by molar-refractivity contribution is 5.92. The molecule has 1 N–H and O–H groups in total. The van der Waals surface area contributed by atoms with Gasteiger partial charge in [0.1, 0.15) is 6.04 Å². The fourth-order valence-corrected chi connectivity index (χ4v) is 4.46. The molecule has 4 aromatic rings. The van der Waals surface area contributed by atoms with E-state index in [1.807, 2.05) is 42.5 Å². The maximum Gasteiger partial charge on any atom is 0.273 e. The molecule has 5 rings (SSSR count). The van der Waals surface area contributed by atoms with Crippen LogP contribution in [0.15, 0.2) is 97.2 Å². The minimum absolute atomic E-state index is 0.140. The highest BCUT2D eigenvalue weighted by Gasteiger charge is 2.24. The molecule has 1 aromatic heterocycles. The second-order valence-corrected chi connectivity index (χ2v) is 8.38. The molecule has 0 saturated carbocycles. The van der Waals surface area contributed by atoms with Crippen molar-refractivity contribution in [1.82, 2.24) is 20.3 Å². The smallest absolute Gasteiger partial charge is 0.273 e. The standard InChI is InChI=1S/C27H27N5O/c33-27(28-23-16-18-31(19-17-23)24-14-8-3-9-15-24)25-20-32(30-29-25)26(21-10-4-1-5-11-21)22-12-6-2-7-13-22/h1-15,20,23,26H,16-19H2,(H,28,33). The van der Waals surface area contributed by atoms with E-state index in [-0.39, 0.29) is 18.0 Å². The molecule has 2 heterocycles. The van der Waals surface area contributed by atoms with Gasteiger partial charge in [-0.15, -0.1) is 5.10 Å². The number of aromatic nitrogens is 3. The van der Waals surface area contributed by atoms with Crippen molar-refractivity contribution in [3.05, 3.63) is 114 Å². The van der Waals surface area contributed by atoms with Crippen LogP contribution in [0, 0.1) is 0 Å². The van der Waals surface area contributed by atoms with Gasteiger partial charge in [-0.2, -0.15) is 0 Å². The van der Waals surface area contributed by atoms with Crippen molar-refractivity contribution < 1.29 is 4.79 Å². The van der Waals surface area contributed by atoms with Crippen LogP contribution >= 0.6 is 0 Å². The SMILES string of the molecule is O=C(NC1CCN(c2ccccc2)CC1)c1cn(C(c2ccccc2)c2ccccc2)nn1. The van der Waals surface area contributed by atoms with Gasteiger partial charge in [-0.1, -0.05) is 84.1 Å². The van der Waals surface area contributed by atoms with Crippen LogP contribution in [-0.4, -0.2) is 40.0 Å². The van der Waals surface area contributed by atoms with E-state index in [4.69, 9.17) is 0 Å². The zero-order chi connectivity index (χ0) is 22.5. The number of nitrogens with zero attached hydrogens (tertiary/aromatic N) is 4. The normalized spacial score (nSPS) is 14.4. The molecule has 0 radical (unpaired) electrons. The van der Waals surface area contributed by atoms with Crippen LogP contribution in [0.25, 0.3) is 0 Å². The lowest BCUT2D eigenvalue weighted by Crippen LogP contribution is -2.44. The molecule has 0 atom stereocenters. The molecule has 0 unspecified atom stereocenters. The van der Waals surface area contributed by atoms with Crippen molar-refractivity contribution in [2.75, 3.05) is 18.0 Å². The van der Waals surface area contributed by atoms with E-state index in [0.29, 0.717) is 5.69 Å². The van der Waals surface area contributed by atoms with Gasteiger partial charge >= 0.3 is 0 Å². The summed E-state index contributed by atoms with van der Waals surface area (Å²) in [5.74, 6) is -0.167. The van der Waals surface area contributed by atoms with E-state index >= 15 is 0 Å². The molecule has 3 aromatic carbocycles. The average molecular weight is 438 g/mol. The monoisotopic (exact) mass is 437 g/mol. The largest absolute Gasteiger partial charge is 0.371 e. The zero-order valence-corrected chi connectivity index (χ0v) is 18.4. The summed E-state index contributed by atoms with van der Waals surface area (Å²) in [7, 11) is 0. The molecular formula is C27H27N5O. The van der Waals surface area contributed by atoms with E-state index in [1.54, 1.807) is 10.9 Å². The molecule has 1 amide bonds. The second kappa shape index (κ2) is 9.69. The Morgan fingerprint density at radius 3 is 1.94 bits per heavy atom. The summed E-state index contributed by atoms with van der Waals surface area (Å²) in [4.78, 5) is 15.3. The number of hydrogen-bond acceptors (Lipinski definition) is 4. The number of hydrogen-bond donors (Lipinski definition) is 1. The van der Waals surface area contributed by atoms with Crippen LogP contribution in [0.3, 0.4) is 0 Å². The predicted molar refractivity (Wildman–Crippen MR) is 129 cm³/mol. The minimum atomic E-state index is -0.167. The Bertz CT molecular complexity index is 1130. The summed E-state index contributed by atoms with van der Waals surface area (Å²) < 4.78 is 1.78. The number of anilines is 1. The van der Waals surface area contributed by atoms with Gasteiger partial charge in [-0.05, 0) is 36.1 Å². The van der Waals surface area contributed by atoms with Crippen LogP contribution in [0.2, 0.25) is 0 Å². The lowest BCUT2D eigenvalue weighted by atomic mass is 9.99. The van der Waals surface area contributed by atoms with Crippen molar-refractivity contribution in [1.29, 1.82) is 0 Å². The maximum atomic E-state index is 12.9. The third-order valence-electron chi connectivity index (χ3n) is 6.19. The van der Waals surface area contributed by atoms with Crippen molar-refractivity contribution in [2.24, 2.45) is 0 Å². The molecule has 33 heavy (non-hydrogen) atoms. The number of benzene rings is 3. The first kappa shape index (κ1) is 20.9. The first-order chi connectivity index (χ1) is 16.3. The van der Waals surface area contributed by atoms with Crippen molar-refractivity contribution in [3.63, 3.8) is 0 Å². The van der Waals surface area contributed by atoms with Gasteiger partial charge in [0.05, 0.1) is 6.20 Å². The molecule has 0 bridgehead atoms. The third kappa shape index (κ3) is 4.80. The van der Waals surface area contributed by atoms with Crippen LogP contribution in [0.5, 0.6) is 0 Å². The van der Waals surface area contributed by atoms with E-state index in [0.717, 1.165) is 37.1 Å². The van der Waals surface area contributed by atoms with E-state index in [9.17, 15) is 4.79 Å². The molecule has 166 valence electrons. The Morgan fingerprint density at radius 2 is 1.36 bits per heavy atom. The van der Waals surface area contributed by atoms with Crippen LogP contribution in [0.1, 0.15) is 40.5 Å². The van der Waals surface area contributed by atoms with Gasteiger partial charge < -0.3 is 10.2 Å². The Hall–Kier alpha value is -3.93. The predicted octanol–water partition coefficient (Wildman–Crippen LogP) is 4.31. The molecule has 1 saturated heterocycles. The molecular weight excluding hydrogens is 410 g/mol. The maximum absolute atomic E-state index is 12.9. The Morgan fingerprint density at radius 1 is 0.818 bits per heavy atom. The quantitative estimate of drug-likeness (QED) is 0.488. The number of rotatable bonds is 6. The number of carbonyl (C=O) groups excluding carboxylic acids is 1. The molecule has 0 aliphatic carbocycles. The Labute approximate surface area is 193 Å².